The fourth-order valence-electron chi connectivity index (χ4n) is 10.1. The van der Waals surface area contributed by atoms with Crippen molar-refractivity contribution < 1.29 is 44.6 Å². The normalized spacial score (nSPS) is 39.0. The third-order valence-electron chi connectivity index (χ3n) is 12.7. The first-order valence-electron chi connectivity index (χ1n) is 17.9. The Hall–Kier alpha value is -2.78. The number of fused-ring (bicyclic) bond motifs is 4. The lowest BCUT2D eigenvalue weighted by atomic mass is 9.60. The van der Waals surface area contributed by atoms with E-state index in [1.165, 1.54) is 33.7 Å². The Bertz CT molecular complexity index is 1750. The number of Topliss-reactive ketones (excluding diaryl/α,β-unsaturated/α-hetero) is 2. The zero-order chi connectivity index (χ0) is 35.8. The quantitative estimate of drug-likeness (QED) is 0.206. The van der Waals surface area contributed by atoms with Crippen LogP contribution >= 0.6 is 21.6 Å². The van der Waals surface area contributed by atoms with Crippen LogP contribution in [0.4, 0.5) is 0 Å². The average molecular weight is 739 g/mol. The van der Waals surface area contributed by atoms with Crippen molar-refractivity contribution in [1.29, 1.82) is 0 Å². The summed E-state index contributed by atoms with van der Waals surface area (Å²) >= 11 is 0. The molecule has 274 valence electrons. The first kappa shape index (κ1) is 35.3. The second-order valence-electron chi connectivity index (χ2n) is 15.6. The molecule has 1 aromatic rings. The standard InChI is InChI=1S/C38H46N2O9S2/c1-21-13-24-30(43)23-5-4-6-25-29(23)32(45)37(24,27(42)14-21)19-50-51-20-40-28-15-22(7-12-39-28)36(11-10-35(17-36)8-2-3-9-35)18-38(47)31(44)26(16-41)49-34(48-25)33(38)46/h4-7,13-15,24,26,31,33-34,39-42,44,46-47H,2-3,8-12,16-20H2,1H3/t24-,26-,31-,33+,34-,36-,37+,38+/m1/s1. The van der Waals surface area contributed by atoms with E-state index in [-0.39, 0.29) is 46.0 Å². The monoisotopic (exact) mass is 738 g/mol. The Morgan fingerprint density at radius 2 is 1.80 bits per heavy atom. The molecule has 7 aliphatic rings. The van der Waals surface area contributed by atoms with E-state index in [1.54, 1.807) is 25.1 Å². The van der Waals surface area contributed by atoms with Gasteiger partial charge in [-0.25, -0.2) is 0 Å². The Morgan fingerprint density at radius 3 is 2.59 bits per heavy atom. The lowest BCUT2D eigenvalue weighted by Crippen LogP contribution is -2.69. The second kappa shape index (κ2) is 13.0. The minimum atomic E-state index is -2.18. The highest BCUT2D eigenvalue weighted by molar-refractivity contribution is 8.76. The number of ketones is 2. The molecular formula is C38H46N2O9S2. The van der Waals surface area contributed by atoms with E-state index < -0.39 is 59.3 Å². The number of nitrogens with one attached hydrogen (secondary N) is 2. The number of hydrogen-bond acceptors (Lipinski definition) is 13. The zero-order valence-electron chi connectivity index (χ0n) is 28.6. The van der Waals surface area contributed by atoms with E-state index in [0.717, 1.165) is 56.3 Å². The fraction of sp³-hybridized carbons (Fsp3) is 0.579. The fourth-order valence-corrected chi connectivity index (χ4v) is 12.4. The Morgan fingerprint density at radius 1 is 1.00 bits per heavy atom. The molecule has 0 unspecified atom stereocenters. The van der Waals surface area contributed by atoms with E-state index >= 15 is 0 Å². The van der Waals surface area contributed by atoms with Crippen LogP contribution in [0.25, 0.3) is 0 Å². The number of benzene rings is 1. The van der Waals surface area contributed by atoms with Crippen LogP contribution in [0.2, 0.25) is 0 Å². The van der Waals surface area contributed by atoms with Crippen molar-refractivity contribution in [3.8, 4) is 5.75 Å². The van der Waals surface area contributed by atoms with Crippen LogP contribution in [-0.4, -0.2) is 92.1 Å². The highest BCUT2D eigenvalue weighted by Gasteiger charge is 2.63. The number of aliphatic hydroxyl groups excluding tert-OH is 4. The van der Waals surface area contributed by atoms with Crippen molar-refractivity contribution in [2.75, 3.05) is 24.8 Å². The van der Waals surface area contributed by atoms with Crippen LogP contribution in [0.3, 0.4) is 0 Å². The highest BCUT2D eigenvalue weighted by Crippen LogP contribution is 2.63. The summed E-state index contributed by atoms with van der Waals surface area (Å²) < 4.78 is 12.3. The predicted octanol–water partition coefficient (Wildman–Crippen LogP) is 4.05. The van der Waals surface area contributed by atoms with E-state index in [1.807, 2.05) is 0 Å². The maximum atomic E-state index is 14.8. The number of aliphatic hydroxyl groups is 5. The number of carbonyl (C=O) groups excluding carboxylic acids is 2. The van der Waals surface area contributed by atoms with Gasteiger partial charge in [0.05, 0.1) is 29.8 Å². The SMILES string of the molecule is CC1=C[C@@H]2C(=O)c3cccc4c3C(=O)[C@]2(CSSCNC2=CC(=CCN2)[C@@]2(CCC3(CCCC3)C2)C[C@]2(O)[C@H](O)[C@@H](CO)O[C@@H](O4)[C@@H]2O)C(O)=C1. The Labute approximate surface area is 305 Å². The van der Waals surface area contributed by atoms with Crippen molar-refractivity contribution in [2.24, 2.45) is 22.2 Å². The lowest BCUT2D eigenvalue weighted by molar-refractivity contribution is -0.319. The van der Waals surface area contributed by atoms with Crippen molar-refractivity contribution >= 4 is 33.2 Å². The number of ether oxygens (including phenoxy) is 2. The molecular weight excluding hydrogens is 693 g/mol. The van der Waals surface area contributed by atoms with Crippen LogP contribution in [-0.2, 0) is 4.74 Å². The van der Waals surface area contributed by atoms with Crippen LogP contribution in [0.1, 0.15) is 79.0 Å². The van der Waals surface area contributed by atoms with E-state index in [9.17, 15) is 35.1 Å². The number of allylic oxidation sites excluding steroid dienone is 6. The average Bonchev–Trinajstić information content (AvgIpc) is 3.74. The molecule has 51 heavy (non-hydrogen) atoms. The van der Waals surface area contributed by atoms with E-state index in [2.05, 4.69) is 22.8 Å². The molecule has 0 amide bonds. The van der Waals surface area contributed by atoms with Crippen LogP contribution in [0.5, 0.6) is 5.75 Å². The lowest BCUT2D eigenvalue weighted by Gasteiger charge is -2.51. The molecule has 1 aromatic carbocycles. The maximum Gasteiger partial charge on any atom is 0.229 e. The van der Waals surface area contributed by atoms with Gasteiger partial charge in [0.1, 0.15) is 40.8 Å². The van der Waals surface area contributed by atoms with Gasteiger partial charge in [-0.2, -0.15) is 0 Å². The summed E-state index contributed by atoms with van der Waals surface area (Å²) in [7, 11) is 2.86. The summed E-state index contributed by atoms with van der Waals surface area (Å²) in [5.41, 5.74) is -2.51. The maximum absolute atomic E-state index is 14.8. The van der Waals surface area contributed by atoms with E-state index in [4.69, 9.17) is 9.47 Å². The molecule has 2 saturated carbocycles. The highest BCUT2D eigenvalue weighted by atomic mass is 33.1. The molecule has 8 atom stereocenters. The van der Waals surface area contributed by atoms with Gasteiger partial charge in [-0.05, 0) is 80.1 Å². The Balaban J connectivity index is 1.25. The van der Waals surface area contributed by atoms with Gasteiger partial charge in [0.25, 0.3) is 0 Å². The van der Waals surface area contributed by atoms with Crippen molar-refractivity contribution in [2.45, 2.75) is 88.5 Å². The van der Waals surface area contributed by atoms with E-state index in [0.29, 0.717) is 18.0 Å². The second-order valence-corrected chi connectivity index (χ2v) is 18.1. The zero-order valence-corrected chi connectivity index (χ0v) is 30.2. The van der Waals surface area contributed by atoms with Gasteiger partial charge in [0.2, 0.25) is 6.29 Å². The molecule has 0 radical (unpaired) electrons. The summed E-state index contributed by atoms with van der Waals surface area (Å²) in [6, 6.07) is 4.62. The number of dihydropyridines is 1. The topological polar surface area (TPSA) is 178 Å². The van der Waals surface area contributed by atoms with Gasteiger partial charge in [-0.1, -0.05) is 64.3 Å². The summed E-state index contributed by atoms with van der Waals surface area (Å²) in [4.78, 5) is 29.0. The molecule has 1 saturated heterocycles. The summed E-state index contributed by atoms with van der Waals surface area (Å²) in [5.74, 6) is -0.717. The van der Waals surface area contributed by atoms with Gasteiger partial charge in [0, 0.05) is 17.9 Å². The molecule has 3 spiro atoms. The molecule has 6 bridgehead atoms. The number of hydrogen-bond donors (Lipinski definition) is 7. The largest absolute Gasteiger partial charge is 0.511 e. The summed E-state index contributed by atoms with van der Waals surface area (Å²) in [5, 5.41) is 65.1. The number of rotatable bonds is 1. The van der Waals surface area contributed by atoms with Gasteiger partial charge < -0.3 is 45.6 Å². The summed E-state index contributed by atoms with van der Waals surface area (Å²) in [6.07, 6.45) is 8.01. The third-order valence-corrected chi connectivity index (χ3v) is 14.9. The summed E-state index contributed by atoms with van der Waals surface area (Å²) in [6.45, 7) is 1.65. The molecule has 13 heteroatoms. The first-order valence-corrected chi connectivity index (χ1v) is 20.4. The van der Waals surface area contributed by atoms with Gasteiger partial charge in [-0.3, -0.25) is 9.59 Å². The number of carbonyl (C=O) groups is 2. The van der Waals surface area contributed by atoms with Crippen LogP contribution in [0.15, 0.2) is 65.2 Å². The van der Waals surface area contributed by atoms with Crippen molar-refractivity contribution in [3.63, 3.8) is 0 Å². The van der Waals surface area contributed by atoms with Crippen molar-refractivity contribution in [3.05, 3.63) is 76.4 Å². The first-order chi connectivity index (χ1) is 24.5. The molecule has 11 nitrogen and oxygen atoms in total. The van der Waals surface area contributed by atoms with Crippen LogP contribution in [0, 0.1) is 22.2 Å². The molecule has 7 N–H and O–H groups in total. The molecule has 8 rings (SSSR count). The molecule has 0 aromatic heterocycles. The third kappa shape index (κ3) is 5.52. The molecule has 3 aliphatic heterocycles. The van der Waals surface area contributed by atoms with Gasteiger partial charge in [0.15, 0.2) is 11.6 Å². The molecule has 3 fully saturated rings. The van der Waals surface area contributed by atoms with Gasteiger partial charge >= 0.3 is 0 Å². The minimum Gasteiger partial charge on any atom is -0.511 e. The van der Waals surface area contributed by atoms with Crippen LogP contribution < -0.4 is 15.4 Å². The smallest absolute Gasteiger partial charge is 0.229 e. The van der Waals surface area contributed by atoms with Gasteiger partial charge in [-0.15, -0.1) is 0 Å². The Kier molecular flexibility index (Phi) is 8.96. The molecule has 3 heterocycles. The molecule has 4 aliphatic carbocycles. The predicted molar refractivity (Wildman–Crippen MR) is 193 cm³/mol. The minimum absolute atomic E-state index is 0.0104. The van der Waals surface area contributed by atoms with Crippen molar-refractivity contribution in [1.82, 2.24) is 10.6 Å².